The maximum atomic E-state index is 2.67. The van der Waals surface area contributed by atoms with E-state index in [1.807, 2.05) is 0 Å². The molecule has 7 aromatic carbocycles. The van der Waals surface area contributed by atoms with Crippen molar-refractivity contribution in [2.75, 3.05) is 9.80 Å². The molecule has 0 bridgehead atoms. The highest BCUT2D eigenvalue weighted by Gasteiger charge is 2.45. The van der Waals surface area contributed by atoms with Gasteiger partial charge in [-0.15, -0.1) is 0 Å². The van der Waals surface area contributed by atoms with Gasteiger partial charge in [0, 0.05) is 34.0 Å². The lowest BCUT2D eigenvalue weighted by atomic mass is 9.33. The summed E-state index contributed by atoms with van der Waals surface area (Å²) in [6.45, 7) is 28.2. The summed E-state index contributed by atoms with van der Waals surface area (Å²) in [7, 11) is 0. The fourth-order valence-electron chi connectivity index (χ4n) is 10.7. The summed E-state index contributed by atoms with van der Waals surface area (Å²) in [5.41, 5.74) is 25.2. The summed E-state index contributed by atoms with van der Waals surface area (Å²) < 4.78 is 0. The van der Waals surface area contributed by atoms with Crippen LogP contribution in [-0.2, 0) is 29.1 Å². The Kier molecular flexibility index (Phi) is 9.40. The minimum atomic E-state index is -0.0262. The molecule has 0 saturated heterocycles. The Morgan fingerprint density at radius 1 is 0.444 bits per heavy atom. The van der Waals surface area contributed by atoms with Crippen LogP contribution < -0.4 is 26.2 Å². The minimum absolute atomic E-state index is 0.00587. The maximum Gasteiger partial charge on any atom is 0.252 e. The number of hydrogen-bond donors (Lipinski definition) is 0. The van der Waals surface area contributed by atoms with Gasteiger partial charge in [-0.2, -0.15) is 0 Å². The molecule has 0 unspecified atom stereocenters. The molecule has 0 saturated carbocycles. The van der Waals surface area contributed by atoms with E-state index in [9.17, 15) is 0 Å². The number of benzene rings is 7. The van der Waals surface area contributed by atoms with Gasteiger partial charge in [-0.05, 0) is 162 Å². The van der Waals surface area contributed by atoms with Crippen molar-refractivity contribution >= 4 is 57.2 Å². The van der Waals surface area contributed by atoms with Crippen molar-refractivity contribution in [3.8, 4) is 22.3 Å². The Morgan fingerprint density at radius 2 is 0.984 bits per heavy atom. The zero-order valence-corrected chi connectivity index (χ0v) is 39.7. The second-order valence-corrected chi connectivity index (χ2v) is 22.8. The van der Waals surface area contributed by atoms with Crippen LogP contribution >= 0.6 is 0 Å². The first-order valence-corrected chi connectivity index (χ1v) is 23.2. The van der Waals surface area contributed by atoms with Gasteiger partial charge in [0.1, 0.15) is 0 Å². The lowest BCUT2D eigenvalue weighted by molar-refractivity contribution is 0.392. The second-order valence-electron chi connectivity index (χ2n) is 22.8. The fraction of sp³-hybridized carbons (Fsp3) is 0.300. The third-order valence-electron chi connectivity index (χ3n) is 14.1. The van der Waals surface area contributed by atoms with E-state index in [2.05, 4.69) is 232 Å². The summed E-state index contributed by atoms with van der Waals surface area (Å²) >= 11 is 0. The van der Waals surface area contributed by atoms with E-state index in [0.29, 0.717) is 0 Å². The lowest BCUT2D eigenvalue weighted by Crippen LogP contribution is -2.61. The van der Waals surface area contributed by atoms with Gasteiger partial charge < -0.3 is 9.80 Å². The summed E-state index contributed by atoms with van der Waals surface area (Å²) in [5, 5.41) is 0. The van der Waals surface area contributed by atoms with Crippen LogP contribution in [0.4, 0.5) is 34.1 Å². The smallest absolute Gasteiger partial charge is 0.252 e. The highest BCUT2D eigenvalue weighted by atomic mass is 15.2. The molecule has 10 rings (SSSR count). The summed E-state index contributed by atoms with van der Waals surface area (Å²) in [6.07, 6.45) is 2.17. The number of anilines is 6. The Hall–Kier alpha value is -5.80. The molecule has 316 valence electrons. The van der Waals surface area contributed by atoms with Crippen LogP contribution in [0.2, 0.25) is 0 Å². The first-order chi connectivity index (χ1) is 29.7. The van der Waals surface area contributed by atoms with Crippen molar-refractivity contribution in [3.63, 3.8) is 0 Å². The molecule has 0 amide bonds. The van der Waals surface area contributed by atoms with E-state index >= 15 is 0 Å². The normalized spacial score (nSPS) is 15.2. The van der Waals surface area contributed by atoms with Crippen molar-refractivity contribution < 1.29 is 0 Å². The first kappa shape index (κ1) is 41.2. The van der Waals surface area contributed by atoms with Crippen LogP contribution in [0.1, 0.15) is 110 Å². The number of hydrogen-bond acceptors (Lipinski definition) is 2. The Balaban J connectivity index is 1.29. The fourth-order valence-corrected chi connectivity index (χ4v) is 10.7. The average Bonchev–Trinajstić information content (AvgIpc) is 3.54. The number of rotatable bonds is 4. The molecule has 0 radical (unpaired) electrons. The molecule has 3 aliphatic rings. The lowest BCUT2D eigenvalue weighted by Gasteiger charge is -2.45. The highest BCUT2D eigenvalue weighted by molar-refractivity contribution is 7.00. The van der Waals surface area contributed by atoms with Crippen LogP contribution in [0, 0.1) is 12.3 Å². The summed E-state index contributed by atoms with van der Waals surface area (Å²) in [4.78, 5) is 5.24. The van der Waals surface area contributed by atoms with Gasteiger partial charge >= 0.3 is 0 Å². The maximum absolute atomic E-state index is 2.67. The predicted octanol–water partition coefficient (Wildman–Crippen LogP) is 14.4. The molecule has 0 fully saturated rings. The van der Waals surface area contributed by atoms with E-state index in [1.165, 1.54) is 106 Å². The molecule has 2 aliphatic heterocycles. The second kappa shape index (κ2) is 14.4. The predicted molar refractivity (Wildman–Crippen MR) is 273 cm³/mol. The first-order valence-electron chi connectivity index (χ1n) is 23.2. The molecule has 63 heavy (non-hydrogen) atoms. The largest absolute Gasteiger partial charge is 0.311 e. The van der Waals surface area contributed by atoms with Crippen molar-refractivity contribution in [3.05, 3.63) is 173 Å². The Bertz CT molecular complexity index is 2930. The summed E-state index contributed by atoms with van der Waals surface area (Å²) in [6, 6.07) is 54.2. The Labute approximate surface area is 378 Å². The van der Waals surface area contributed by atoms with Crippen LogP contribution in [0.5, 0.6) is 0 Å². The van der Waals surface area contributed by atoms with E-state index in [4.69, 9.17) is 0 Å². The standard InChI is InChI=1S/C60H63BN2/c1-38-29-54-56-55(30-38)63(51-27-23-45(58(5,6)7)34-48(51)41-20-16-19-40(31-41)39-17-14-13-15-18-39)53-33-43-37-60(11,12)36-42(43)32-49(53)61(56)50-35-46(59(8,9)10)24-28-52(50)62(54)47-25-21-44(22-26-47)57(2,3)4/h13-35H,36-37H2,1-12H3. The average molecular weight is 823 g/mol. The van der Waals surface area contributed by atoms with Crippen LogP contribution in [0.3, 0.4) is 0 Å². The molecule has 0 spiro atoms. The van der Waals surface area contributed by atoms with Gasteiger partial charge in [0.05, 0.1) is 5.69 Å². The van der Waals surface area contributed by atoms with Crippen LogP contribution in [-0.4, -0.2) is 6.71 Å². The van der Waals surface area contributed by atoms with Crippen molar-refractivity contribution in [1.29, 1.82) is 0 Å². The van der Waals surface area contributed by atoms with Crippen LogP contribution in [0.15, 0.2) is 140 Å². The highest BCUT2D eigenvalue weighted by Crippen LogP contribution is 2.50. The Morgan fingerprint density at radius 3 is 1.63 bits per heavy atom. The minimum Gasteiger partial charge on any atom is -0.311 e. The molecule has 3 heteroatoms. The van der Waals surface area contributed by atoms with Gasteiger partial charge in [-0.25, -0.2) is 0 Å². The number of fused-ring (bicyclic) bond motifs is 5. The van der Waals surface area contributed by atoms with Gasteiger partial charge in [0.25, 0.3) is 6.71 Å². The van der Waals surface area contributed by atoms with Gasteiger partial charge in [0.2, 0.25) is 0 Å². The molecule has 1 aliphatic carbocycles. The topological polar surface area (TPSA) is 6.48 Å². The van der Waals surface area contributed by atoms with E-state index in [-0.39, 0.29) is 28.4 Å². The third kappa shape index (κ3) is 7.13. The van der Waals surface area contributed by atoms with Crippen LogP contribution in [0.25, 0.3) is 22.3 Å². The van der Waals surface area contributed by atoms with Crippen molar-refractivity contribution in [2.24, 2.45) is 5.41 Å². The SMILES string of the molecule is Cc1cc2c3c(c1)N(c1ccc(C(C)(C)C)cc1-c1cccc(-c4ccccc4)c1)c1cc4c(cc1B3c1cc(C(C)(C)C)ccc1N2c1ccc(C(C)(C)C)cc1)CC(C)(C)C4. The van der Waals surface area contributed by atoms with E-state index < -0.39 is 0 Å². The number of nitrogens with zero attached hydrogens (tertiary/aromatic N) is 2. The summed E-state index contributed by atoms with van der Waals surface area (Å²) in [5.74, 6) is 0. The monoisotopic (exact) mass is 823 g/mol. The van der Waals surface area contributed by atoms with Crippen molar-refractivity contribution in [2.45, 2.75) is 112 Å². The quantitative estimate of drug-likeness (QED) is 0.163. The molecular formula is C60H63BN2. The molecule has 2 heterocycles. The third-order valence-corrected chi connectivity index (χ3v) is 14.1. The van der Waals surface area contributed by atoms with Gasteiger partial charge in [-0.3, -0.25) is 0 Å². The van der Waals surface area contributed by atoms with E-state index in [0.717, 1.165) is 12.8 Å². The molecule has 7 aromatic rings. The molecule has 0 N–H and O–H groups in total. The molecule has 0 aromatic heterocycles. The zero-order chi connectivity index (χ0) is 44.4. The molecule has 2 nitrogen and oxygen atoms in total. The number of aryl methyl sites for hydroxylation is 1. The van der Waals surface area contributed by atoms with E-state index in [1.54, 1.807) is 0 Å². The molecule has 0 atom stereocenters. The van der Waals surface area contributed by atoms with Crippen molar-refractivity contribution in [1.82, 2.24) is 0 Å². The molecular weight excluding hydrogens is 759 g/mol. The van der Waals surface area contributed by atoms with Gasteiger partial charge in [0.15, 0.2) is 0 Å². The zero-order valence-electron chi connectivity index (χ0n) is 39.7. The van der Waals surface area contributed by atoms with Gasteiger partial charge in [-0.1, -0.05) is 161 Å².